The van der Waals surface area contributed by atoms with E-state index in [-0.39, 0.29) is 24.0 Å². The van der Waals surface area contributed by atoms with Crippen molar-refractivity contribution in [3.8, 4) is 0 Å². The summed E-state index contributed by atoms with van der Waals surface area (Å²) >= 11 is 0. The molecule has 1 saturated carbocycles. The predicted octanol–water partition coefficient (Wildman–Crippen LogP) is 0.00250. The Labute approximate surface area is 84.9 Å². The van der Waals surface area contributed by atoms with E-state index in [0.29, 0.717) is 13.0 Å². The summed E-state index contributed by atoms with van der Waals surface area (Å²) in [6, 6.07) is -0.0423. The standard InChI is InChI=1S/C10H20N2O2/c1-2-8(11)5-9(14)12-6-10(7-13)3-4-10/h8,13H,2-7,11H2,1H3,(H,12,14). The molecule has 4 N–H and O–H groups in total. The molecule has 1 aliphatic rings. The van der Waals surface area contributed by atoms with Gasteiger partial charge in [-0.15, -0.1) is 0 Å². The zero-order chi connectivity index (χ0) is 10.6. The van der Waals surface area contributed by atoms with Crippen molar-refractivity contribution in [1.82, 2.24) is 5.32 Å². The van der Waals surface area contributed by atoms with Gasteiger partial charge in [0.1, 0.15) is 0 Å². The molecule has 82 valence electrons. The highest BCUT2D eigenvalue weighted by atomic mass is 16.3. The van der Waals surface area contributed by atoms with Gasteiger partial charge in [-0.1, -0.05) is 6.92 Å². The molecule has 1 fully saturated rings. The van der Waals surface area contributed by atoms with Crippen LogP contribution in [0, 0.1) is 5.41 Å². The van der Waals surface area contributed by atoms with Crippen LogP contribution in [0.4, 0.5) is 0 Å². The van der Waals surface area contributed by atoms with E-state index >= 15 is 0 Å². The molecular formula is C10H20N2O2. The Balaban J connectivity index is 2.15. The van der Waals surface area contributed by atoms with Gasteiger partial charge in [0.25, 0.3) is 0 Å². The first-order valence-electron chi connectivity index (χ1n) is 5.25. The van der Waals surface area contributed by atoms with Crippen LogP contribution in [0.2, 0.25) is 0 Å². The Morgan fingerprint density at radius 3 is 2.71 bits per heavy atom. The van der Waals surface area contributed by atoms with Crippen LogP contribution in [0.1, 0.15) is 32.6 Å². The second kappa shape index (κ2) is 4.75. The highest BCUT2D eigenvalue weighted by Crippen LogP contribution is 2.44. The van der Waals surface area contributed by atoms with Crippen LogP contribution < -0.4 is 11.1 Å². The highest BCUT2D eigenvalue weighted by molar-refractivity contribution is 5.76. The molecule has 0 aromatic rings. The Bertz CT molecular complexity index is 202. The largest absolute Gasteiger partial charge is 0.396 e. The van der Waals surface area contributed by atoms with Crippen molar-refractivity contribution in [2.45, 2.75) is 38.6 Å². The number of carbonyl (C=O) groups excluding carboxylic acids is 1. The Morgan fingerprint density at radius 1 is 1.64 bits per heavy atom. The number of nitrogens with one attached hydrogen (secondary N) is 1. The molecule has 1 aliphatic carbocycles. The number of nitrogens with two attached hydrogens (primary N) is 1. The van der Waals surface area contributed by atoms with Gasteiger partial charge in [0, 0.05) is 24.4 Å². The lowest BCUT2D eigenvalue weighted by atomic mass is 10.1. The summed E-state index contributed by atoms with van der Waals surface area (Å²) in [7, 11) is 0. The maximum atomic E-state index is 11.3. The van der Waals surface area contributed by atoms with E-state index in [1.165, 1.54) is 0 Å². The van der Waals surface area contributed by atoms with Crippen LogP contribution >= 0.6 is 0 Å². The smallest absolute Gasteiger partial charge is 0.221 e. The van der Waals surface area contributed by atoms with Crippen molar-refractivity contribution in [3.63, 3.8) is 0 Å². The summed E-state index contributed by atoms with van der Waals surface area (Å²) in [5.74, 6) is -0.000856. The fraction of sp³-hybridized carbons (Fsp3) is 0.900. The summed E-state index contributed by atoms with van der Waals surface area (Å²) in [5.41, 5.74) is 5.64. The molecule has 0 radical (unpaired) electrons. The number of hydrogen-bond donors (Lipinski definition) is 3. The van der Waals surface area contributed by atoms with E-state index < -0.39 is 0 Å². The minimum Gasteiger partial charge on any atom is -0.396 e. The van der Waals surface area contributed by atoms with Gasteiger partial charge >= 0.3 is 0 Å². The van der Waals surface area contributed by atoms with Crippen LogP contribution in [0.25, 0.3) is 0 Å². The Hall–Kier alpha value is -0.610. The van der Waals surface area contributed by atoms with Crippen LogP contribution in [0.3, 0.4) is 0 Å². The minimum atomic E-state index is -0.0423. The van der Waals surface area contributed by atoms with Gasteiger partial charge in [-0.3, -0.25) is 4.79 Å². The molecule has 0 heterocycles. The van der Waals surface area contributed by atoms with E-state index in [4.69, 9.17) is 10.8 Å². The van der Waals surface area contributed by atoms with Crippen LogP contribution in [0.5, 0.6) is 0 Å². The second-order valence-corrected chi connectivity index (χ2v) is 4.31. The van der Waals surface area contributed by atoms with Crippen molar-refractivity contribution in [3.05, 3.63) is 0 Å². The minimum absolute atomic E-state index is 0.000856. The molecule has 1 rings (SSSR count). The van der Waals surface area contributed by atoms with E-state index in [1.54, 1.807) is 0 Å². The highest BCUT2D eigenvalue weighted by Gasteiger charge is 2.41. The SMILES string of the molecule is CCC(N)CC(=O)NCC1(CO)CC1. The maximum absolute atomic E-state index is 11.3. The average molecular weight is 200 g/mol. The number of rotatable bonds is 6. The van der Waals surface area contributed by atoms with E-state index in [0.717, 1.165) is 19.3 Å². The molecular weight excluding hydrogens is 180 g/mol. The summed E-state index contributed by atoms with van der Waals surface area (Å²) in [6.07, 6.45) is 3.24. The fourth-order valence-electron chi connectivity index (χ4n) is 1.31. The van der Waals surface area contributed by atoms with Crippen molar-refractivity contribution < 1.29 is 9.90 Å². The monoisotopic (exact) mass is 200 g/mol. The van der Waals surface area contributed by atoms with E-state index in [2.05, 4.69) is 5.32 Å². The lowest BCUT2D eigenvalue weighted by Gasteiger charge is -2.14. The third-order valence-corrected chi connectivity index (χ3v) is 2.93. The summed E-state index contributed by atoms with van der Waals surface area (Å²) < 4.78 is 0. The van der Waals surface area contributed by atoms with E-state index in [9.17, 15) is 4.79 Å². The molecule has 0 aliphatic heterocycles. The van der Waals surface area contributed by atoms with Crippen molar-refractivity contribution >= 4 is 5.91 Å². The maximum Gasteiger partial charge on any atom is 0.221 e. The molecule has 4 nitrogen and oxygen atoms in total. The third-order valence-electron chi connectivity index (χ3n) is 2.93. The first-order valence-corrected chi connectivity index (χ1v) is 5.25. The molecule has 14 heavy (non-hydrogen) atoms. The number of carbonyl (C=O) groups is 1. The molecule has 1 amide bonds. The van der Waals surface area contributed by atoms with Gasteiger partial charge in [0.15, 0.2) is 0 Å². The Morgan fingerprint density at radius 2 is 2.29 bits per heavy atom. The fourth-order valence-corrected chi connectivity index (χ4v) is 1.31. The molecule has 0 saturated heterocycles. The third kappa shape index (κ3) is 3.27. The zero-order valence-electron chi connectivity index (χ0n) is 8.75. The van der Waals surface area contributed by atoms with Gasteiger partial charge in [-0.25, -0.2) is 0 Å². The zero-order valence-corrected chi connectivity index (χ0v) is 8.75. The lowest BCUT2D eigenvalue weighted by molar-refractivity contribution is -0.121. The first kappa shape index (κ1) is 11.5. The molecule has 1 atom stereocenters. The first-order chi connectivity index (χ1) is 6.62. The molecule has 0 spiro atoms. The second-order valence-electron chi connectivity index (χ2n) is 4.31. The van der Waals surface area contributed by atoms with Crippen LogP contribution in [0.15, 0.2) is 0 Å². The number of aliphatic hydroxyl groups is 1. The summed E-state index contributed by atoms with van der Waals surface area (Å²) in [5, 5.41) is 11.8. The van der Waals surface area contributed by atoms with Crippen LogP contribution in [-0.4, -0.2) is 30.2 Å². The Kier molecular flexibility index (Phi) is 3.89. The molecule has 1 unspecified atom stereocenters. The number of aliphatic hydroxyl groups excluding tert-OH is 1. The van der Waals surface area contributed by atoms with Gasteiger partial charge in [0.05, 0.1) is 6.61 Å². The summed E-state index contributed by atoms with van der Waals surface area (Å²) in [6.45, 7) is 2.74. The molecule has 0 bridgehead atoms. The van der Waals surface area contributed by atoms with Gasteiger partial charge < -0.3 is 16.2 Å². The van der Waals surface area contributed by atoms with Gasteiger partial charge in [0.2, 0.25) is 5.91 Å². The van der Waals surface area contributed by atoms with Crippen molar-refractivity contribution in [2.75, 3.05) is 13.2 Å². The summed E-state index contributed by atoms with van der Waals surface area (Å²) in [4.78, 5) is 11.3. The number of hydrogen-bond acceptors (Lipinski definition) is 3. The molecule has 0 aromatic heterocycles. The predicted molar refractivity (Wildman–Crippen MR) is 54.6 cm³/mol. The average Bonchev–Trinajstić information content (AvgIpc) is 2.95. The lowest BCUT2D eigenvalue weighted by Crippen LogP contribution is -2.35. The molecule has 0 aromatic carbocycles. The van der Waals surface area contributed by atoms with Gasteiger partial charge in [-0.2, -0.15) is 0 Å². The molecule has 4 heteroatoms. The number of amides is 1. The quantitative estimate of drug-likeness (QED) is 0.565. The van der Waals surface area contributed by atoms with E-state index in [1.807, 2.05) is 6.92 Å². The van der Waals surface area contributed by atoms with Crippen LogP contribution in [-0.2, 0) is 4.79 Å². The van der Waals surface area contributed by atoms with Crippen molar-refractivity contribution in [2.24, 2.45) is 11.1 Å². The van der Waals surface area contributed by atoms with Crippen molar-refractivity contribution in [1.29, 1.82) is 0 Å². The normalized spacial score (nSPS) is 20.2. The van der Waals surface area contributed by atoms with Gasteiger partial charge in [-0.05, 0) is 19.3 Å². The topological polar surface area (TPSA) is 75.4 Å².